The van der Waals surface area contributed by atoms with Gasteiger partial charge in [0.25, 0.3) is 5.91 Å². The van der Waals surface area contributed by atoms with E-state index >= 15 is 0 Å². The fourth-order valence-electron chi connectivity index (χ4n) is 2.90. The Kier molecular flexibility index (Phi) is 8.14. The van der Waals surface area contributed by atoms with Crippen molar-refractivity contribution in [1.82, 2.24) is 15.3 Å². The third-order valence-electron chi connectivity index (χ3n) is 4.63. The van der Waals surface area contributed by atoms with Crippen LogP contribution in [0.3, 0.4) is 0 Å². The summed E-state index contributed by atoms with van der Waals surface area (Å²) in [5.74, 6) is 0.0958. The van der Waals surface area contributed by atoms with Crippen molar-refractivity contribution in [3.63, 3.8) is 0 Å². The number of anilines is 4. The maximum Gasteiger partial charge on any atom is 0.325 e. The number of hydrogen-bond acceptors (Lipinski definition) is 9. The van der Waals surface area contributed by atoms with Gasteiger partial charge in [0.1, 0.15) is 24.5 Å². The number of aromatic nitrogens is 2. The van der Waals surface area contributed by atoms with Gasteiger partial charge in [-0.25, -0.2) is 18.4 Å². The van der Waals surface area contributed by atoms with Crippen molar-refractivity contribution >= 4 is 44.7 Å². The summed E-state index contributed by atoms with van der Waals surface area (Å²) in [6, 6.07) is 14.8. The van der Waals surface area contributed by atoms with Crippen LogP contribution >= 0.6 is 0 Å². The molecule has 3 rings (SSSR count). The molecule has 1 heterocycles. The van der Waals surface area contributed by atoms with E-state index in [1.165, 1.54) is 6.33 Å². The summed E-state index contributed by atoms with van der Waals surface area (Å²) in [6.07, 6.45) is 1.37. The number of carbonyl (C=O) groups is 2. The van der Waals surface area contributed by atoms with Crippen LogP contribution in [0.15, 0.2) is 65.8 Å². The smallest absolute Gasteiger partial charge is 0.325 e. The minimum absolute atomic E-state index is 0.0177. The molecule has 11 heteroatoms. The number of sulfone groups is 1. The Labute approximate surface area is 197 Å². The van der Waals surface area contributed by atoms with Crippen molar-refractivity contribution in [2.24, 2.45) is 0 Å². The molecule has 1 amide bonds. The molecule has 0 saturated carbocycles. The fraction of sp³-hybridized carbons (Fsp3) is 0.217. The van der Waals surface area contributed by atoms with Crippen LogP contribution in [-0.4, -0.2) is 49.2 Å². The molecular formula is C23H25N5O5S. The van der Waals surface area contributed by atoms with Gasteiger partial charge in [0.05, 0.1) is 17.3 Å². The van der Waals surface area contributed by atoms with Gasteiger partial charge in [-0.15, -0.1) is 0 Å². The van der Waals surface area contributed by atoms with Gasteiger partial charge in [-0.3, -0.25) is 9.59 Å². The van der Waals surface area contributed by atoms with E-state index in [-0.39, 0.29) is 29.7 Å². The average molecular weight is 484 g/mol. The van der Waals surface area contributed by atoms with Crippen LogP contribution in [-0.2, 0) is 19.4 Å². The zero-order chi connectivity index (χ0) is 24.6. The second kappa shape index (κ2) is 11.2. The molecule has 0 radical (unpaired) electrons. The minimum atomic E-state index is -3.32. The molecule has 0 aliphatic heterocycles. The largest absolute Gasteiger partial charge is 0.465 e. The molecule has 0 bridgehead atoms. The van der Waals surface area contributed by atoms with Crippen molar-refractivity contribution in [3.8, 4) is 0 Å². The van der Waals surface area contributed by atoms with Gasteiger partial charge >= 0.3 is 5.97 Å². The van der Waals surface area contributed by atoms with E-state index in [0.717, 1.165) is 0 Å². The molecule has 0 atom stereocenters. The molecule has 0 fully saturated rings. The van der Waals surface area contributed by atoms with E-state index in [4.69, 9.17) is 4.74 Å². The zero-order valence-corrected chi connectivity index (χ0v) is 19.6. The monoisotopic (exact) mass is 483 g/mol. The summed E-state index contributed by atoms with van der Waals surface area (Å²) in [6.45, 7) is 3.35. The Bertz CT molecular complexity index is 1260. The number of nitrogens with one attached hydrogen (secondary N) is 3. The highest BCUT2D eigenvalue weighted by molar-refractivity contribution is 7.91. The Hall–Kier alpha value is -3.99. The van der Waals surface area contributed by atoms with Crippen LogP contribution in [0.1, 0.15) is 24.2 Å². The standard InChI is InChI=1S/C23H25N5O5S/c1-3-33-22(29)14-24-23(30)16-8-10-17(11-9-16)27-20-13-21(26-15-25-20)28-18-6-5-7-19(12-18)34(31,32)4-2/h5-13,15H,3-4,14H2,1-2H3,(H,24,30)(H2,25,26,27,28). The summed E-state index contributed by atoms with van der Waals surface area (Å²) >= 11 is 0. The van der Waals surface area contributed by atoms with Gasteiger partial charge in [0.15, 0.2) is 9.84 Å². The maximum atomic E-state index is 12.1. The predicted octanol–water partition coefficient (Wildman–Crippen LogP) is 3.05. The van der Waals surface area contributed by atoms with Crippen molar-refractivity contribution in [1.29, 1.82) is 0 Å². The molecule has 3 aromatic rings. The lowest BCUT2D eigenvalue weighted by Gasteiger charge is -2.10. The van der Waals surface area contributed by atoms with Gasteiger partial charge in [0, 0.05) is 23.0 Å². The van der Waals surface area contributed by atoms with Crippen molar-refractivity contribution in [2.45, 2.75) is 18.7 Å². The number of amides is 1. The summed E-state index contributed by atoms with van der Waals surface area (Å²) in [5.41, 5.74) is 1.65. The Morgan fingerprint density at radius 3 is 2.24 bits per heavy atom. The SMILES string of the molecule is CCOC(=O)CNC(=O)c1ccc(Nc2cc(Nc3cccc(S(=O)(=O)CC)c3)ncn2)cc1. The normalized spacial score (nSPS) is 10.9. The van der Waals surface area contributed by atoms with Gasteiger partial charge in [-0.05, 0) is 49.4 Å². The van der Waals surface area contributed by atoms with Crippen molar-refractivity contribution < 1.29 is 22.7 Å². The lowest BCUT2D eigenvalue weighted by Crippen LogP contribution is -2.30. The van der Waals surface area contributed by atoms with Crippen LogP contribution < -0.4 is 16.0 Å². The van der Waals surface area contributed by atoms with Gasteiger partial charge in [-0.2, -0.15) is 0 Å². The number of carbonyl (C=O) groups excluding carboxylic acids is 2. The Morgan fingerprint density at radius 1 is 0.912 bits per heavy atom. The zero-order valence-electron chi connectivity index (χ0n) is 18.7. The summed E-state index contributed by atoms with van der Waals surface area (Å²) in [4.78, 5) is 32.1. The number of benzene rings is 2. The first-order chi connectivity index (χ1) is 16.3. The second-order valence-electron chi connectivity index (χ2n) is 7.03. The number of nitrogens with zero attached hydrogens (tertiary/aromatic N) is 2. The van der Waals surface area contributed by atoms with Crippen LogP contribution in [0.5, 0.6) is 0 Å². The molecule has 0 saturated heterocycles. The Morgan fingerprint density at radius 2 is 1.59 bits per heavy atom. The molecule has 10 nitrogen and oxygen atoms in total. The van der Waals surface area contributed by atoms with E-state index in [0.29, 0.717) is 28.6 Å². The quantitative estimate of drug-likeness (QED) is 0.371. The van der Waals surface area contributed by atoms with E-state index in [2.05, 4.69) is 25.9 Å². The summed E-state index contributed by atoms with van der Waals surface area (Å²) < 4.78 is 29.0. The van der Waals surface area contributed by atoms with Crippen molar-refractivity contribution in [3.05, 3.63) is 66.5 Å². The lowest BCUT2D eigenvalue weighted by atomic mass is 10.2. The molecule has 0 spiro atoms. The molecular weight excluding hydrogens is 458 g/mol. The minimum Gasteiger partial charge on any atom is -0.465 e. The Balaban J connectivity index is 1.64. The van der Waals surface area contributed by atoms with E-state index in [1.54, 1.807) is 68.4 Å². The van der Waals surface area contributed by atoms with E-state index < -0.39 is 15.8 Å². The maximum absolute atomic E-state index is 12.1. The molecule has 2 aromatic carbocycles. The van der Waals surface area contributed by atoms with Gasteiger partial charge in [-0.1, -0.05) is 13.0 Å². The van der Waals surface area contributed by atoms with E-state index in [1.807, 2.05) is 0 Å². The molecule has 3 N–H and O–H groups in total. The summed E-state index contributed by atoms with van der Waals surface area (Å²) in [7, 11) is -3.32. The third kappa shape index (κ3) is 6.75. The molecule has 178 valence electrons. The van der Waals surface area contributed by atoms with E-state index in [9.17, 15) is 18.0 Å². The molecule has 34 heavy (non-hydrogen) atoms. The molecule has 1 aromatic heterocycles. The van der Waals surface area contributed by atoms with Crippen LogP contribution in [0, 0.1) is 0 Å². The van der Waals surface area contributed by atoms with Crippen molar-refractivity contribution in [2.75, 3.05) is 29.5 Å². The predicted molar refractivity (Wildman–Crippen MR) is 128 cm³/mol. The number of hydrogen-bond donors (Lipinski definition) is 3. The number of rotatable bonds is 10. The van der Waals surface area contributed by atoms with Crippen LogP contribution in [0.4, 0.5) is 23.0 Å². The number of esters is 1. The molecule has 0 unspecified atom stereocenters. The average Bonchev–Trinajstić information content (AvgIpc) is 2.83. The highest BCUT2D eigenvalue weighted by Gasteiger charge is 2.12. The second-order valence-corrected chi connectivity index (χ2v) is 9.31. The van der Waals surface area contributed by atoms with Gasteiger partial charge < -0.3 is 20.7 Å². The fourth-order valence-corrected chi connectivity index (χ4v) is 3.82. The molecule has 0 aliphatic carbocycles. The first-order valence-corrected chi connectivity index (χ1v) is 12.2. The first kappa shape index (κ1) is 24.6. The highest BCUT2D eigenvalue weighted by Crippen LogP contribution is 2.22. The lowest BCUT2D eigenvalue weighted by molar-refractivity contribution is -0.141. The van der Waals surface area contributed by atoms with Gasteiger partial charge in [0.2, 0.25) is 0 Å². The van der Waals surface area contributed by atoms with Crippen LogP contribution in [0.2, 0.25) is 0 Å². The topological polar surface area (TPSA) is 139 Å². The summed E-state index contributed by atoms with van der Waals surface area (Å²) in [5, 5.41) is 8.69. The third-order valence-corrected chi connectivity index (χ3v) is 6.36. The first-order valence-electron chi connectivity index (χ1n) is 10.5. The highest BCUT2D eigenvalue weighted by atomic mass is 32.2. The number of ether oxygens (including phenoxy) is 1. The molecule has 0 aliphatic rings. The van der Waals surface area contributed by atoms with Crippen LogP contribution in [0.25, 0.3) is 0 Å².